The predicted octanol–water partition coefficient (Wildman–Crippen LogP) is 3.46. The monoisotopic (exact) mass is 309 g/mol. The van der Waals surface area contributed by atoms with E-state index < -0.39 is 23.7 Å². The average Bonchev–Trinajstić information content (AvgIpc) is 2.50. The molecule has 0 heterocycles. The fourth-order valence-corrected chi connectivity index (χ4v) is 2.67. The Morgan fingerprint density at radius 3 is 2.33 bits per heavy atom. The van der Waals surface area contributed by atoms with Gasteiger partial charge in [0.1, 0.15) is 11.6 Å². The highest BCUT2D eigenvalue weighted by Crippen LogP contribution is 2.32. The normalized spacial score (nSPS) is 14.0. The van der Waals surface area contributed by atoms with Gasteiger partial charge in [0.25, 0.3) is 0 Å². The molecule has 2 nitrogen and oxygen atoms in total. The summed E-state index contributed by atoms with van der Waals surface area (Å²) in [5.41, 5.74) is 6.56. The van der Waals surface area contributed by atoms with Gasteiger partial charge in [0.05, 0.1) is 6.10 Å². The third kappa shape index (κ3) is 3.61. The highest BCUT2D eigenvalue weighted by atomic mass is 32.2. The van der Waals surface area contributed by atoms with Crippen LogP contribution < -0.4 is 5.73 Å². The van der Waals surface area contributed by atoms with Crippen molar-refractivity contribution in [1.82, 2.24) is 0 Å². The molecule has 21 heavy (non-hydrogen) atoms. The van der Waals surface area contributed by atoms with Crippen molar-refractivity contribution in [2.24, 2.45) is 5.73 Å². The van der Waals surface area contributed by atoms with Gasteiger partial charge in [-0.15, -0.1) is 11.8 Å². The molecule has 5 heteroatoms. The van der Waals surface area contributed by atoms with Gasteiger partial charge < -0.3 is 10.8 Å². The molecular formula is C16H17F2NOS. The Bertz CT molecular complexity index is 604. The van der Waals surface area contributed by atoms with Crippen LogP contribution in [0.4, 0.5) is 8.78 Å². The maximum atomic E-state index is 13.9. The van der Waals surface area contributed by atoms with E-state index >= 15 is 0 Å². The molecule has 2 aromatic carbocycles. The lowest BCUT2D eigenvalue weighted by Gasteiger charge is -2.23. The summed E-state index contributed by atoms with van der Waals surface area (Å²) in [5.74, 6) is -1.96. The quantitative estimate of drug-likeness (QED) is 0.832. The summed E-state index contributed by atoms with van der Waals surface area (Å²) < 4.78 is 26.9. The van der Waals surface area contributed by atoms with E-state index in [0.717, 1.165) is 11.0 Å². The van der Waals surface area contributed by atoms with E-state index in [1.54, 1.807) is 23.9 Å². The van der Waals surface area contributed by atoms with E-state index in [0.29, 0.717) is 5.56 Å². The Hall–Kier alpha value is -1.43. The van der Waals surface area contributed by atoms with Crippen LogP contribution in [0.3, 0.4) is 0 Å². The smallest absolute Gasteiger partial charge is 0.129 e. The highest BCUT2D eigenvalue weighted by Gasteiger charge is 2.24. The Balaban J connectivity index is 2.30. The number of thioether (sulfide) groups is 1. The van der Waals surface area contributed by atoms with Crippen LogP contribution >= 0.6 is 11.8 Å². The first-order chi connectivity index (χ1) is 10.1. The van der Waals surface area contributed by atoms with Crippen LogP contribution in [-0.4, -0.2) is 17.9 Å². The van der Waals surface area contributed by atoms with E-state index in [4.69, 9.17) is 5.73 Å². The van der Waals surface area contributed by atoms with Crippen molar-refractivity contribution in [3.8, 4) is 0 Å². The molecule has 0 bridgehead atoms. The summed E-state index contributed by atoms with van der Waals surface area (Å²) in [6.45, 7) is 0.0635. The molecule has 112 valence electrons. The molecule has 3 N–H and O–H groups in total. The van der Waals surface area contributed by atoms with Crippen LogP contribution in [0.1, 0.15) is 23.1 Å². The molecule has 0 aliphatic carbocycles. The number of hydrogen-bond donors (Lipinski definition) is 2. The second kappa shape index (κ2) is 7.02. The van der Waals surface area contributed by atoms with E-state index in [1.165, 1.54) is 12.1 Å². The Labute approximate surface area is 127 Å². The number of hydrogen-bond acceptors (Lipinski definition) is 3. The number of aliphatic hydroxyl groups is 1. The minimum absolute atomic E-state index is 0.0635. The molecular weight excluding hydrogens is 292 g/mol. The van der Waals surface area contributed by atoms with Gasteiger partial charge in [-0.05, 0) is 35.6 Å². The molecule has 0 aliphatic rings. The van der Waals surface area contributed by atoms with Crippen LogP contribution in [0, 0.1) is 11.6 Å². The largest absolute Gasteiger partial charge is 0.388 e. The summed E-state index contributed by atoms with van der Waals surface area (Å²) in [7, 11) is 0. The van der Waals surface area contributed by atoms with Crippen molar-refractivity contribution in [3.63, 3.8) is 0 Å². The van der Waals surface area contributed by atoms with Crippen LogP contribution in [0.15, 0.2) is 47.4 Å². The molecule has 0 aliphatic heterocycles. The number of benzene rings is 2. The molecule has 2 unspecified atom stereocenters. The zero-order valence-electron chi connectivity index (χ0n) is 11.6. The lowest BCUT2D eigenvalue weighted by Crippen LogP contribution is -2.21. The number of rotatable bonds is 5. The maximum Gasteiger partial charge on any atom is 0.129 e. The van der Waals surface area contributed by atoms with Crippen molar-refractivity contribution in [2.75, 3.05) is 12.8 Å². The summed E-state index contributed by atoms with van der Waals surface area (Å²) in [4.78, 5) is 1.07. The molecule has 0 spiro atoms. The molecule has 0 saturated heterocycles. The van der Waals surface area contributed by atoms with Crippen LogP contribution in [0.2, 0.25) is 0 Å². The SMILES string of the molecule is CSc1ccc(C(O)C(CN)c2ccc(F)cc2F)cc1. The predicted molar refractivity (Wildman–Crippen MR) is 81.3 cm³/mol. The van der Waals surface area contributed by atoms with Gasteiger partial charge in [0.15, 0.2) is 0 Å². The zero-order valence-corrected chi connectivity index (χ0v) is 12.4. The van der Waals surface area contributed by atoms with Crippen molar-refractivity contribution >= 4 is 11.8 Å². The second-order valence-corrected chi connectivity index (χ2v) is 5.61. The van der Waals surface area contributed by atoms with Gasteiger partial charge in [-0.3, -0.25) is 0 Å². The van der Waals surface area contributed by atoms with Gasteiger partial charge in [-0.2, -0.15) is 0 Å². The van der Waals surface area contributed by atoms with Crippen LogP contribution in [-0.2, 0) is 0 Å². The topological polar surface area (TPSA) is 46.2 Å². The molecule has 2 rings (SSSR count). The van der Waals surface area contributed by atoms with Crippen LogP contribution in [0.25, 0.3) is 0 Å². The first-order valence-corrected chi connectivity index (χ1v) is 7.76. The van der Waals surface area contributed by atoms with E-state index in [2.05, 4.69) is 0 Å². The second-order valence-electron chi connectivity index (χ2n) is 4.73. The molecule has 0 saturated carbocycles. The summed E-state index contributed by atoms with van der Waals surface area (Å²) in [6, 6.07) is 10.7. The summed E-state index contributed by atoms with van der Waals surface area (Å²) in [6.07, 6.45) is 1.02. The molecule has 2 aromatic rings. The average molecular weight is 309 g/mol. The lowest BCUT2D eigenvalue weighted by atomic mass is 9.89. The zero-order chi connectivity index (χ0) is 15.4. The van der Waals surface area contributed by atoms with Crippen molar-refractivity contribution < 1.29 is 13.9 Å². The highest BCUT2D eigenvalue weighted by molar-refractivity contribution is 7.98. The van der Waals surface area contributed by atoms with Gasteiger partial charge >= 0.3 is 0 Å². The molecule has 0 fully saturated rings. The van der Waals surface area contributed by atoms with Gasteiger partial charge in [-0.1, -0.05) is 18.2 Å². The van der Waals surface area contributed by atoms with Gasteiger partial charge in [0.2, 0.25) is 0 Å². The minimum Gasteiger partial charge on any atom is -0.388 e. The first kappa shape index (κ1) is 15.9. The van der Waals surface area contributed by atoms with Gasteiger partial charge in [0, 0.05) is 23.4 Å². The van der Waals surface area contributed by atoms with Crippen molar-refractivity contribution in [2.45, 2.75) is 16.9 Å². The van der Waals surface area contributed by atoms with Gasteiger partial charge in [-0.25, -0.2) is 8.78 Å². The fraction of sp³-hybridized carbons (Fsp3) is 0.250. The van der Waals surface area contributed by atoms with Crippen molar-refractivity contribution in [3.05, 3.63) is 65.2 Å². The third-order valence-corrected chi connectivity index (χ3v) is 4.20. The van der Waals surface area contributed by atoms with Crippen molar-refractivity contribution in [1.29, 1.82) is 0 Å². The minimum atomic E-state index is -0.939. The van der Waals surface area contributed by atoms with E-state index in [9.17, 15) is 13.9 Å². The fourth-order valence-electron chi connectivity index (χ4n) is 2.26. The summed E-state index contributed by atoms with van der Waals surface area (Å²) in [5, 5.41) is 10.4. The molecule has 0 aromatic heterocycles. The number of halogens is 2. The third-order valence-electron chi connectivity index (χ3n) is 3.45. The Morgan fingerprint density at radius 1 is 1.14 bits per heavy atom. The van der Waals surface area contributed by atoms with Crippen LogP contribution in [0.5, 0.6) is 0 Å². The molecule has 2 atom stereocenters. The lowest BCUT2D eigenvalue weighted by molar-refractivity contribution is 0.145. The van der Waals surface area contributed by atoms with E-state index in [-0.39, 0.29) is 12.1 Å². The standard InChI is InChI=1S/C16H17F2NOS/c1-21-12-5-2-10(3-6-12)16(20)14(9-19)13-7-4-11(17)8-15(13)18/h2-8,14,16,20H,9,19H2,1H3. The summed E-state index contributed by atoms with van der Waals surface area (Å²) >= 11 is 1.60. The molecule has 0 radical (unpaired) electrons. The Morgan fingerprint density at radius 2 is 1.81 bits per heavy atom. The Kier molecular flexibility index (Phi) is 5.33. The maximum absolute atomic E-state index is 13.9. The van der Waals surface area contributed by atoms with E-state index in [1.807, 2.05) is 18.4 Å². The number of nitrogens with two attached hydrogens (primary N) is 1. The number of aliphatic hydroxyl groups excluding tert-OH is 1. The molecule has 0 amide bonds. The first-order valence-electron chi connectivity index (χ1n) is 6.54.